The lowest BCUT2D eigenvalue weighted by Crippen LogP contribution is -2.26. The second kappa shape index (κ2) is 9.23. The van der Waals surface area contributed by atoms with Gasteiger partial charge in [0.25, 0.3) is 5.56 Å². The minimum Gasteiger partial charge on any atom is -0.465 e. The molecule has 0 spiro atoms. The van der Waals surface area contributed by atoms with Crippen LogP contribution in [0.25, 0.3) is 10.9 Å². The number of aromatic nitrogens is 2. The number of thioether (sulfide) groups is 1. The van der Waals surface area contributed by atoms with Gasteiger partial charge in [-0.15, -0.1) is 0 Å². The first kappa shape index (κ1) is 21.9. The van der Waals surface area contributed by atoms with Crippen LogP contribution in [0.1, 0.15) is 50.9 Å². The maximum absolute atomic E-state index is 13.0. The number of esters is 2. The Balaban J connectivity index is 2.43. The Morgan fingerprint density at radius 3 is 2.57 bits per heavy atom. The van der Waals surface area contributed by atoms with E-state index in [1.165, 1.54) is 13.2 Å². The van der Waals surface area contributed by atoms with E-state index in [2.05, 4.69) is 4.98 Å². The van der Waals surface area contributed by atoms with Crippen LogP contribution in [-0.2, 0) is 20.8 Å². The molecular weight excluding hydrogens is 380 g/mol. The van der Waals surface area contributed by atoms with Crippen LogP contribution in [0.4, 0.5) is 0 Å². The van der Waals surface area contributed by atoms with Gasteiger partial charge in [0.2, 0.25) is 0 Å². The van der Waals surface area contributed by atoms with Gasteiger partial charge in [-0.05, 0) is 45.4 Å². The molecule has 0 saturated heterocycles. The van der Waals surface area contributed by atoms with E-state index in [-0.39, 0.29) is 17.3 Å². The molecule has 1 aromatic carbocycles. The van der Waals surface area contributed by atoms with Gasteiger partial charge in [0.1, 0.15) is 5.60 Å². The summed E-state index contributed by atoms with van der Waals surface area (Å²) in [7, 11) is 1.30. The maximum Gasteiger partial charge on any atom is 0.337 e. The van der Waals surface area contributed by atoms with Crippen LogP contribution in [0.2, 0.25) is 0 Å². The first-order valence-electron chi connectivity index (χ1n) is 9.14. The highest BCUT2D eigenvalue weighted by molar-refractivity contribution is 7.99. The van der Waals surface area contributed by atoms with Gasteiger partial charge in [0, 0.05) is 6.54 Å². The lowest BCUT2D eigenvalue weighted by molar-refractivity contribution is -0.151. The Labute approximate surface area is 168 Å². The Kier molecular flexibility index (Phi) is 7.23. The Morgan fingerprint density at radius 2 is 1.96 bits per heavy atom. The monoisotopic (exact) mass is 406 g/mol. The fourth-order valence-corrected chi connectivity index (χ4v) is 3.36. The molecule has 0 amide bonds. The number of carbonyl (C=O) groups is 2. The van der Waals surface area contributed by atoms with Crippen molar-refractivity contribution in [2.45, 2.75) is 57.8 Å². The van der Waals surface area contributed by atoms with E-state index in [9.17, 15) is 14.4 Å². The van der Waals surface area contributed by atoms with Crippen molar-refractivity contribution in [2.24, 2.45) is 0 Å². The number of hydrogen-bond donors (Lipinski definition) is 0. The fourth-order valence-electron chi connectivity index (χ4n) is 2.56. The zero-order chi connectivity index (χ0) is 20.9. The van der Waals surface area contributed by atoms with Crippen molar-refractivity contribution in [3.8, 4) is 0 Å². The van der Waals surface area contributed by atoms with Gasteiger partial charge in [-0.2, -0.15) is 0 Å². The van der Waals surface area contributed by atoms with Gasteiger partial charge in [-0.25, -0.2) is 9.78 Å². The highest BCUT2D eigenvalue weighted by Gasteiger charge is 2.19. The van der Waals surface area contributed by atoms with E-state index in [0.29, 0.717) is 28.2 Å². The number of unbranched alkanes of at least 4 members (excludes halogenated alkanes) is 1. The van der Waals surface area contributed by atoms with Crippen molar-refractivity contribution in [3.63, 3.8) is 0 Å². The minimum absolute atomic E-state index is 0.0397. The molecule has 1 aromatic heterocycles. The van der Waals surface area contributed by atoms with E-state index in [0.717, 1.165) is 24.6 Å². The van der Waals surface area contributed by atoms with Crippen LogP contribution in [0.3, 0.4) is 0 Å². The van der Waals surface area contributed by atoms with Crippen molar-refractivity contribution in [1.82, 2.24) is 9.55 Å². The minimum atomic E-state index is -0.578. The first-order valence-corrected chi connectivity index (χ1v) is 10.1. The third-order valence-corrected chi connectivity index (χ3v) is 4.77. The summed E-state index contributed by atoms with van der Waals surface area (Å²) >= 11 is 1.16. The summed E-state index contributed by atoms with van der Waals surface area (Å²) in [6, 6.07) is 4.67. The molecule has 0 radical (unpaired) electrons. The number of fused-ring (bicyclic) bond motifs is 1. The summed E-state index contributed by atoms with van der Waals surface area (Å²) in [6.45, 7) is 7.95. The standard InChI is InChI=1S/C20H26N2O5S/c1-6-7-10-22-17(24)14-9-8-13(18(25)26-5)11-15(14)21-19(22)28-12-16(23)27-20(2,3)4/h8-9,11H,6-7,10,12H2,1-5H3. The van der Waals surface area contributed by atoms with Gasteiger partial charge in [0.15, 0.2) is 5.16 Å². The lowest BCUT2D eigenvalue weighted by atomic mass is 10.1. The molecule has 0 N–H and O–H groups in total. The summed E-state index contributed by atoms with van der Waals surface area (Å²) in [6.07, 6.45) is 1.73. The second-order valence-corrected chi connectivity index (χ2v) is 8.25. The molecule has 1 heterocycles. The Bertz CT molecular complexity index is 931. The molecule has 0 aliphatic rings. The lowest BCUT2D eigenvalue weighted by Gasteiger charge is -2.19. The molecule has 0 aliphatic carbocycles. The van der Waals surface area contributed by atoms with Crippen molar-refractivity contribution >= 4 is 34.6 Å². The van der Waals surface area contributed by atoms with E-state index in [4.69, 9.17) is 9.47 Å². The average molecular weight is 407 g/mol. The molecule has 8 heteroatoms. The zero-order valence-electron chi connectivity index (χ0n) is 16.9. The number of benzene rings is 1. The molecule has 7 nitrogen and oxygen atoms in total. The van der Waals surface area contributed by atoms with Crippen molar-refractivity contribution in [2.75, 3.05) is 12.9 Å². The molecule has 0 aliphatic heterocycles. The molecule has 0 bridgehead atoms. The summed E-state index contributed by atoms with van der Waals surface area (Å²) in [5, 5.41) is 0.851. The van der Waals surface area contributed by atoms with Gasteiger partial charge in [0.05, 0.1) is 29.3 Å². The van der Waals surface area contributed by atoms with E-state index >= 15 is 0 Å². The summed E-state index contributed by atoms with van der Waals surface area (Å²) < 4.78 is 11.6. The van der Waals surface area contributed by atoms with Gasteiger partial charge < -0.3 is 9.47 Å². The average Bonchev–Trinajstić information content (AvgIpc) is 2.63. The molecule has 2 aromatic rings. The maximum atomic E-state index is 13.0. The second-order valence-electron chi connectivity index (χ2n) is 7.30. The topological polar surface area (TPSA) is 87.5 Å². The highest BCUT2D eigenvalue weighted by atomic mass is 32.2. The predicted octanol–water partition coefficient (Wildman–Crippen LogP) is 3.42. The quantitative estimate of drug-likeness (QED) is 0.395. The first-order chi connectivity index (χ1) is 13.2. The van der Waals surface area contributed by atoms with Crippen LogP contribution in [0.15, 0.2) is 28.2 Å². The van der Waals surface area contributed by atoms with Crippen LogP contribution in [0, 0.1) is 0 Å². The fraction of sp³-hybridized carbons (Fsp3) is 0.500. The number of methoxy groups -OCH3 is 1. The normalized spacial score (nSPS) is 11.5. The largest absolute Gasteiger partial charge is 0.465 e. The molecule has 152 valence electrons. The van der Waals surface area contributed by atoms with E-state index in [1.54, 1.807) is 37.5 Å². The van der Waals surface area contributed by atoms with E-state index in [1.807, 2.05) is 6.92 Å². The van der Waals surface area contributed by atoms with Crippen LogP contribution < -0.4 is 5.56 Å². The van der Waals surface area contributed by atoms with Gasteiger partial charge in [-0.1, -0.05) is 25.1 Å². The molecule has 0 saturated carbocycles. The predicted molar refractivity (Wildman–Crippen MR) is 109 cm³/mol. The van der Waals surface area contributed by atoms with Crippen LogP contribution >= 0.6 is 11.8 Å². The molecule has 28 heavy (non-hydrogen) atoms. The summed E-state index contributed by atoms with van der Waals surface area (Å²) in [5.74, 6) is -0.836. The number of nitrogens with zero attached hydrogens (tertiary/aromatic N) is 2. The molecule has 0 fully saturated rings. The molecular formula is C20H26N2O5S. The third kappa shape index (κ3) is 5.58. The zero-order valence-corrected chi connectivity index (χ0v) is 17.7. The van der Waals surface area contributed by atoms with Crippen LogP contribution in [0.5, 0.6) is 0 Å². The molecule has 2 rings (SSSR count). The van der Waals surface area contributed by atoms with Gasteiger partial charge in [-0.3, -0.25) is 14.2 Å². The third-order valence-electron chi connectivity index (χ3n) is 3.82. The number of carbonyl (C=O) groups excluding carboxylic acids is 2. The SMILES string of the molecule is CCCCn1c(SCC(=O)OC(C)(C)C)nc2cc(C(=O)OC)ccc2c1=O. The number of ether oxygens (including phenoxy) is 2. The van der Waals surface area contributed by atoms with Gasteiger partial charge >= 0.3 is 11.9 Å². The van der Waals surface area contributed by atoms with Crippen LogP contribution in [-0.4, -0.2) is 40.0 Å². The van der Waals surface area contributed by atoms with E-state index < -0.39 is 11.6 Å². The Morgan fingerprint density at radius 1 is 1.25 bits per heavy atom. The summed E-state index contributed by atoms with van der Waals surface area (Å²) in [4.78, 5) is 41.4. The smallest absolute Gasteiger partial charge is 0.337 e. The Hall–Kier alpha value is -2.35. The van der Waals surface area contributed by atoms with Crippen molar-refractivity contribution in [3.05, 3.63) is 34.1 Å². The molecule has 0 atom stereocenters. The highest BCUT2D eigenvalue weighted by Crippen LogP contribution is 2.21. The number of rotatable bonds is 7. The van der Waals surface area contributed by atoms with Crippen molar-refractivity contribution in [1.29, 1.82) is 0 Å². The van der Waals surface area contributed by atoms with Crippen molar-refractivity contribution < 1.29 is 19.1 Å². The molecule has 0 unspecified atom stereocenters. The summed E-state index contributed by atoms with van der Waals surface area (Å²) in [5.41, 5.74) is -0.0589. The number of hydrogen-bond acceptors (Lipinski definition) is 7.